The standard InChI is InChI=1S/C14H26N2OS/c1-3-18-13-7-6-12(9-13)16(2)14(17)10-4-5-11(15)8-10/h10-13H,3-9,15H2,1-2H3/t10-,11+,12?,13?/m1/s1. The van der Waals surface area contributed by atoms with Crippen LogP contribution in [-0.4, -0.2) is 40.9 Å². The second-order valence-corrected chi connectivity index (χ2v) is 7.34. The number of amides is 1. The Hall–Kier alpha value is -0.220. The lowest BCUT2D eigenvalue weighted by Gasteiger charge is -2.27. The fraction of sp³-hybridized carbons (Fsp3) is 0.929. The van der Waals surface area contributed by atoms with E-state index >= 15 is 0 Å². The summed E-state index contributed by atoms with van der Waals surface area (Å²) in [6.45, 7) is 2.22. The predicted octanol–water partition coefficient (Wildman–Crippen LogP) is 2.25. The van der Waals surface area contributed by atoms with E-state index in [9.17, 15) is 4.79 Å². The molecule has 2 unspecified atom stereocenters. The number of rotatable bonds is 4. The average Bonchev–Trinajstić information content (AvgIpc) is 2.97. The normalized spacial score (nSPS) is 35.9. The molecule has 0 spiro atoms. The first kappa shape index (κ1) is 14.2. The summed E-state index contributed by atoms with van der Waals surface area (Å²) in [6.07, 6.45) is 6.53. The molecule has 4 heteroatoms. The van der Waals surface area contributed by atoms with Crippen molar-refractivity contribution < 1.29 is 4.79 Å². The van der Waals surface area contributed by atoms with Gasteiger partial charge in [0.15, 0.2) is 0 Å². The van der Waals surface area contributed by atoms with E-state index in [0.29, 0.717) is 11.9 Å². The molecule has 2 aliphatic rings. The summed E-state index contributed by atoms with van der Waals surface area (Å²) >= 11 is 2.05. The first-order valence-electron chi connectivity index (χ1n) is 7.25. The van der Waals surface area contributed by atoms with Crippen LogP contribution in [0.2, 0.25) is 0 Å². The maximum absolute atomic E-state index is 12.4. The molecule has 0 aromatic rings. The number of hydrogen-bond acceptors (Lipinski definition) is 3. The Labute approximate surface area is 115 Å². The smallest absolute Gasteiger partial charge is 0.225 e. The van der Waals surface area contributed by atoms with Crippen molar-refractivity contribution in [2.45, 2.75) is 62.8 Å². The fourth-order valence-corrected chi connectivity index (χ4v) is 4.50. The van der Waals surface area contributed by atoms with Crippen molar-refractivity contribution in [2.75, 3.05) is 12.8 Å². The van der Waals surface area contributed by atoms with Crippen molar-refractivity contribution in [3.8, 4) is 0 Å². The quantitative estimate of drug-likeness (QED) is 0.852. The molecular formula is C14H26N2OS. The molecule has 2 rings (SSSR count). The SMILES string of the molecule is CCSC1CCC(N(C)C(=O)[C@@H]2CC[C@H](N)C2)C1. The minimum absolute atomic E-state index is 0.197. The summed E-state index contributed by atoms with van der Waals surface area (Å²) in [5, 5.41) is 0.765. The Bertz CT molecular complexity index is 298. The van der Waals surface area contributed by atoms with E-state index in [1.54, 1.807) is 0 Å². The van der Waals surface area contributed by atoms with Gasteiger partial charge >= 0.3 is 0 Å². The highest BCUT2D eigenvalue weighted by Gasteiger charge is 2.35. The second-order valence-electron chi connectivity index (χ2n) is 5.76. The number of nitrogens with two attached hydrogens (primary N) is 1. The Balaban J connectivity index is 1.84. The summed E-state index contributed by atoms with van der Waals surface area (Å²) in [5.74, 6) is 1.73. The van der Waals surface area contributed by atoms with Gasteiger partial charge in [-0.3, -0.25) is 4.79 Å². The first-order chi connectivity index (χ1) is 8.61. The van der Waals surface area contributed by atoms with Crippen LogP contribution in [0, 0.1) is 5.92 Å². The van der Waals surface area contributed by atoms with Crippen LogP contribution < -0.4 is 5.73 Å². The molecular weight excluding hydrogens is 244 g/mol. The number of carbonyl (C=O) groups excluding carboxylic acids is 1. The van der Waals surface area contributed by atoms with Gasteiger partial charge in [0.25, 0.3) is 0 Å². The summed E-state index contributed by atoms with van der Waals surface area (Å²) in [5.41, 5.74) is 5.90. The zero-order valence-electron chi connectivity index (χ0n) is 11.6. The van der Waals surface area contributed by atoms with E-state index in [1.165, 1.54) is 25.0 Å². The largest absolute Gasteiger partial charge is 0.342 e. The van der Waals surface area contributed by atoms with Gasteiger partial charge in [0, 0.05) is 30.3 Å². The van der Waals surface area contributed by atoms with Crippen LogP contribution in [0.1, 0.15) is 45.4 Å². The number of nitrogens with zero attached hydrogens (tertiary/aromatic N) is 1. The summed E-state index contributed by atoms with van der Waals surface area (Å²) in [4.78, 5) is 14.4. The van der Waals surface area contributed by atoms with Gasteiger partial charge in [-0.1, -0.05) is 6.92 Å². The lowest BCUT2D eigenvalue weighted by atomic mass is 10.0. The predicted molar refractivity (Wildman–Crippen MR) is 77.6 cm³/mol. The molecule has 1 amide bonds. The van der Waals surface area contributed by atoms with Gasteiger partial charge in [-0.15, -0.1) is 0 Å². The molecule has 2 aliphatic carbocycles. The van der Waals surface area contributed by atoms with Crippen LogP contribution in [0.5, 0.6) is 0 Å². The zero-order valence-corrected chi connectivity index (χ0v) is 12.4. The van der Waals surface area contributed by atoms with E-state index in [0.717, 1.165) is 24.5 Å². The molecule has 0 bridgehead atoms. The molecule has 3 nitrogen and oxygen atoms in total. The van der Waals surface area contributed by atoms with Crippen LogP contribution in [0.15, 0.2) is 0 Å². The van der Waals surface area contributed by atoms with Gasteiger partial charge < -0.3 is 10.6 Å². The molecule has 2 fully saturated rings. The summed E-state index contributed by atoms with van der Waals surface area (Å²) in [7, 11) is 2.00. The monoisotopic (exact) mass is 270 g/mol. The van der Waals surface area contributed by atoms with Gasteiger partial charge in [-0.2, -0.15) is 11.8 Å². The first-order valence-corrected chi connectivity index (χ1v) is 8.30. The number of carbonyl (C=O) groups is 1. The van der Waals surface area contributed by atoms with Crippen molar-refractivity contribution in [3.05, 3.63) is 0 Å². The second kappa shape index (κ2) is 6.29. The Morgan fingerprint density at radius 3 is 2.67 bits per heavy atom. The van der Waals surface area contributed by atoms with Gasteiger partial charge in [-0.25, -0.2) is 0 Å². The Morgan fingerprint density at radius 1 is 1.28 bits per heavy atom. The van der Waals surface area contributed by atoms with Crippen molar-refractivity contribution in [2.24, 2.45) is 11.7 Å². The highest BCUT2D eigenvalue weighted by molar-refractivity contribution is 7.99. The minimum Gasteiger partial charge on any atom is -0.342 e. The molecule has 4 atom stereocenters. The van der Waals surface area contributed by atoms with E-state index in [4.69, 9.17) is 5.73 Å². The van der Waals surface area contributed by atoms with Crippen molar-refractivity contribution in [1.29, 1.82) is 0 Å². The maximum atomic E-state index is 12.4. The third kappa shape index (κ3) is 3.21. The average molecular weight is 270 g/mol. The molecule has 0 saturated heterocycles. The minimum atomic E-state index is 0.197. The molecule has 18 heavy (non-hydrogen) atoms. The number of hydrogen-bond donors (Lipinski definition) is 1. The van der Waals surface area contributed by atoms with Crippen molar-refractivity contribution in [3.63, 3.8) is 0 Å². The molecule has 0 radical (unpaired) electrons. The molecule has 104 valence electrons. The third-order valence-corrected chi connectivity index (χ3v) is 5.71. The lowest BCUT2D eigenvalue weighted by Crippen LogP contribution is -2.39. The molecule has 0 aliphatic heterocycles. The summed E-state index contributed by atoms with van der Waals surface area (Å²) in [6, 6.07) is 0.720. The van der Waals surface area contributed by atoms with Gasteiger partial charge in [0.1, 0.15) is 0 Å². The van der Waals surface area contributed by atoms with E-state index in [1.807, 2.05) is 23.7 Å². The van der Waals surface area contributed by atoms with Gasteiger partial charge in [0.05, 0.1) is 0 Å². The molecule has 2 saturated carbocycles. The van der Waals surface area contributed by atoms with E-state index in [-0.39, 0.29) is 12.0 Å². The molecule has 0 aromatic carbocycles. The van der Waals surface area contributed by atoms with Crippen LogP contribution in [0.3, 0.4) is 0 Å². The highest BCUT2D eigenvalue weighted by Crippen LogP contribution is 2.34. The topological polar surface area (TPSA) is 46.3 Å². The lowest BCUT2D eigenvalue weighted by molar-refractivity contribution is -0.136. The van der Waals surface area contributed by atoms with E-state index < -0.39 is 0 Å². The Morgan fingerprint density at radius 2 is 2.06 bits per heavy atom. The van der Waals surface area contributed by atoms with Crippen LogP contribution in [0.4, 0.5) is 0 Å². The fourth-order valence-electron chi connectivity index (χ4n) is 3.36. The Kier molecular flexibility index (Phi) is 4.96. The van der Waals surface area contributed by atoms with Crippen LogP contribution in [-0.2, 0) is 4.79 Å². The maximum Gasteiger partial charge on any atom is 0.225 e. The van der Waals surface area contributed by atoms with Crippen LogP contribution in [0.25, 0.3) is 0 Å². The summed E-state index contributed by atoms with van der Waals surface area (Å²) < 4.78 is 0. The van der Waals surface area contributed by atoms with Crippen LogP contribution >= 0.6 is 11.8 Å². The molecule has 0 aromatic heterocycles. The zero-order chi connectivity index (χ0) is 13.1. The highest BCUT2D eigenvalue weighted by atomic mass is 32.2. The molecule has 2 N–H and O–H groups in total. The van der Waals surface area contributed by atoms with Gasteiger partial charge in [0.2, 0.25) is 5.91 Å². The van der Waals surface area contributed by atoms with Gasteiger partial charge in [-0.05, 0) is 44.3 Å². The molecule has 0 heterocycles. The number of thioether (sulfide) groups is 1. The van der Waals surface area contributed by atoms with Crippen molar-refractivity contribution >= 4 is 17.7 Å². The third-order valence-electron chi connectivity index (χ3n) is 4.48. The van der Waals surface area contributed by atoms with Crippen molar-refractivity contribution in [1.82, 2.24) is 4.90 Å². The van der Waals surface area contributed by atoms with E-state index in [2.05, 4.69) is 6.92 Å².